The van der Waals surface area contributed by atoms with Crippen LogP contribution in [0.1, 0.15) is 45.5 Å². The van der Waals surface area contributed by atoms with Crippen LogP contribution in [0.4, 0.5) is 0 Å². The van der Waals surface area contributed by atoms with E-state index < -0.39 is 0 Å². The van der Waals surface area contributed by atoms with Gasteiger partial charge in [0.15, 0.2) is 5.78 Å². The summed E-state index contributed by atoms with van der Waals surface area (Å²) >= 11 is 1.26. The van der Waals surface area contributed by atoms with Gasteiger partial charge in [0.1, 0.15) is 0 Å². The second-order valence-corrected chi connectivity index (χ2v) is 8.55. The molecule has 2 saturated heterocycles. The summed E-state index contributed by atoms with van der Waals surface area (Å²) in [6.07, 6.45) is 3.85. The van der Waals surface area contributed by atoms with Gasteiger partial charge in [0, 0.05) is 44.7 Å². The van der Waals surface area contributed by atoms with E-state index in [4.69, 9.17) is 0 Å². The third-order valence-corrected chi connectivity index (χ3v) is 6.98. The van der Waals surface area contributed by atoms with Gasteiger partial charge in [0.2, 0.25) is 5.91 Å². The van der Waals surface area contributed by atoms with Crippen molar-refractivity contribution in [1.82, 2.24) is 14.7 Å². The Bertz CT molecular complexity index is 759. The highest BCUT2D eigenvalue weighted by Gasteiger charge is 2.43. The number of ketones is 1. The molecule has 1 unspecified atom stereocenters. The van der Waals surface area contributed by atoms with Crippen molar-refractivity contribution in [3.8, 4) is 0 Å². The molecule has 2 aliphatic heterocycles. The molecule has 1 spiro atoms. The van der Waals surface area contributed by atoms with Crippen molar-refractivity contribution in [3.63, 3.8) is 0 Å². The normalized spacial score (nSPS) is 24.1. The number of piperazine rings is 1. The topological polar surface area (TPSA) is 60.9 Å². The minimum atomic E-state index is -0.180. The molecule has 0 radical (unpaired) electrons. The van der Waals surface area contributed by atoms with Gasteiger partial charge in [0.25, 0.3) is 5.91 Å². The van der Waals surface area contributed by atoms with Gasteiger partial charge < -0.3 is 9.80 Å². The Morgan fingerprint density at radius 2 is 1.96 bits per heavy atom. The largest absolute Gasteiger partial charge is 0.339 e. The highest BCUT2D eigenvalue weighted by Crippen LogP contribution is 2.33. The molecular weight excluding hydrogens is 362 g/mol. The number of carbonyl (C=O) groups excluding carboxylic acids is 3. The van der Waals surface area contributed by atoms with Crippen LogP contribution in [0.5, 0.6) is 0 Å². The second-order valence-electron chi connectivity index (χ2n) is 7.47. The van der Waals surface area contributed by atoms with Crippen LogP contribution in [0.25, 0.3) is 0 Å². The Labute approximate surface area is 164 Å². The molecule has 27 heavy (non-hydrogen) atoms. The molecule has 7 heteroatoms. The van der Waals surface area contributed by atoms with Crippen molar-refractivity contribution < 1.29 is 14.4 Å². The fourth-order valence-electron chi connectivity index (χ4n) is 4.01. The predicted molar refractivity (Wildman–Crippen MR) is 106 cm³/mol. The number of likely N-dealkylation sites (N-methyl/N-ethyl adjacent to an activating group) is 1. The minimum Gasteiger partial charge on any atom is -0.339 e. The summed E-state index contributed by atoms with van der Waals surface area (Å²) in [5.41, 5.74) is -0.180. The highest BCUT2D eigenvalue weighted by molar-refractivity contribution is 7.15. The lowest BCUT2D eigenvalue weighted by Gasteiger charge is -2.49. The van der Waals surface area contributed by atoms with E-state index in [1.165, 1.54) is 18.3 Å². The summed E-state index contributed by atoms with van der Waals surface area (Å²) in [6.45, 7) is 8.58. The fourth-order valence-corrected chi connectivity index (χ4v) is 4.88. The zero-order chi connectivity index (χ0) is 19.6. The van der Waals surface area contributed by atoms with Crippen LogP contribution in [0, 0.1) is 0 Å². The Hall–Kier alpha value is -1.99. The molecule has 2 aliphatic rings. The van der Waals surface area contributed by atoms with E-state index in [2.05, 4.69) is 18.5 Å². The molecule has 0 aromatic carbocycles. The molecule has 1 aromatic rings. The third kappa shape index (κ3) is 3.99. The van der Waals surface area contributed by atoms with Gasteiger partial charge in [-0.2, -0.15) is 0 Å². The molecule has 0 aliphatic carbocycles. The average Bonchev–Trinajstić information content (AvgIpc) is 3.09. The highest BCUT2D eigenvalue weighted by atomic mass is 32.1. The van der Waals surface area contributed by atoms with E-state index in [9.17, 15) is 14.4 Å². The van der Waals surface area contributed by atoms with E-state index in [0.717, 1.165) is 19.4 Å². The number of amides is 2. The first-order chi connectivity index (χ1) is 12.9. The van der Waals surface area contributed by atoms with E-state index >= 15 is 0 Å². The quantitative estimate of drug-likeness (QED) is 0.586. The molecule has 0 N–H and O–H groups in total. The minimum absolute atomic E-state index is 0.0153. The summed E-state index contributed by atoms with van der Waals surface area (Å²) in [6, 6.07) is 3.47. The zero-order valence-electron chi connectivity index (χ0n) is 16.1. The molecular formula is C20H27N3O3S. The molecule has 1 atom stereocenters. The molecule has 3 heterocycles. The van der Waals surface area contributed by atoms with Crippen molar-refractivity contribution in [2.24, 2.45) is 0 Å². The first-order valence-electron chi connectivity index (χ1n) is 9.36. The molecule has 6 nitrogen and oxygen atoms in total. The Kier molecular flexibility index (Phi) is 5.81. The van der Waals surface area contributed by atoms with Gasteiger partial charge >= 0.3 is 0 Å². The number of likely N-dealkylation sites (tertiary alicyclic amines) is 1. The molecule has 146 valence electrons. The first-order valence-corrected chi connectivity index (χ1v) is 10.2. The van der Waals surface area contributed by atoms with Crippen molar-refractivity contribution in [1.29, 1.82) is 0 Å². The third-order valence-electron chi connectivity index (χ3n) is 5.80. The van der Waals surface area contributed by atoms with Crippen molar-refractivity contribution in [2.45, 2.75) is 31.7 Å². The summed E-state index contributed by atoms with van der Waals surface area (Å²) in [4.78, 5) is 44.2. The number of rotatable bonds is 4. The number of hydrogen-bond acceptors (Lipinski definition) is 5. The van der Waals surface area contributed by atoms with E-state index in [1.54, 1.807) is 18.2 Å². The zero-order valence-corrected chi connectivity index (χ0v) is 16.9. The second kappa shape index (κ2) is 7.94. The van der Waals surface area contributed by atoms with Crippen LogP contribution < -0.4 is 0 Å². The number of Topliss-reactive ketones (excluding diaryl/α,β-unsaturated/α-hetero) is 1. The van der Waals surface area contributed by atoms with Crippen LogP contribution in [0.15, 0.2) is 24.8 Å². The number of thiophene rings is 1. The van der Waals surface area contributed by atoms with Gasteiger partial charge in [-0.15, -0.1) is 17.9 Å². The maximum atomic E-state index is 13.0. The monoisotopic (exact) mass is 389 g/mol. The first kappa shape index (κ1) is 19.8. The molecule has 2 fully saturated rings. The maximum absolute atomic E-state index is 13.0. The van der Waals surface area contributed by atoms with Crippen LogP contribution in [0.3, 0.4) is 0 Å². The molecule has 0 saturated carbocycles. The molecule has 1 aromatic heterocycles. The van der Waals surface area contributed by atoms with Gasteiger partial charge in [0.05, 0.1) is 9.75 Å². The summed E-state index contributed by atoms with van der Waals surface area (Å²) < 4.78 is 0. The van der Waals surface area contributed by atoms with Crippen molar-refractivity contribution in [3.05, 3.63) is 34.5 Å². The number of hydrogen-bond donors (Lipinski definition) is 0. The Morgan fingerprint density at radius 3 is 2.63 bits per heavy atom. The summed E-state index contributed by atoms with van der Waals surface area (Å²) in [5.74, 6) is 0.130. The van der Waals surface area contributed by atoms with Gasteiger partial charge in [-0.1, -0.05) is 6.08 Å². The lowest BCUT2D eigenvalue weighted by Crippen LogP contribution is -2.62. The Morgan fingerprint density at radius 1 is 1.22 bits per heavy atom. The van der Waals surface area contributed by atoms with Crippen molar-refractivity contribution >= 4 is 28.9 Å². The molecule has 2 amide bonds. The standard InChI is InChI=1S/C20H27N3O3S/c1-4-10-22-11-9-20(8-7-18(22)25)14-23(13-12-21(20)3)19(26)17-6-5-16(27-17)15(2)24/h4-6H,1,7-14H2,2-3H3. The lowest BCUT2D eigenvalue weighted by molar-refractivity contribution is -0.130. The maximum Gasteiger partial charge on any atom is 0.264 e. The lowest BCUT2D eigenvalue weighted by atomic mass is 9.86. The van der Waals surface area contributed by atoms with Gasteiger partial charge in [-0.05, 0) is 38.9 Å². The molecule has 0 bridgehead atoms. The van der Waals surface area contributed by atoms with Gasteiger partial charge in [-0.3, -0.25) is 19.3 Å². The average molecular weight is 390 g/mol. The number of nitrogens with zero attached hydrogens (tertiary/aromatic N) is 3. The fraction of sp³-hybridized carbons (Fsp3) is 0.550. The van der Waals surface area contributed by atoms with E-state index in [0.29, 0.717) is 42.4 Å². The number of carbonyl (C=O) groups is 3. The Balaban J connectivity index is 1.77. The predicted octanol–water partition coefficient (Wildman–Crippen LogP) is 2.28. The van der Waals surface area contributed by atoms with Crippen molar-refractivity contribution in [2.75, 3.05) is 39.8 Å². The van der Waals surface area contributed by atoms with Gasteiger partial charge in [-0.25, -0.2) is 0 Å². The van der Waals surface area contributed by atoms with Crippen LogP contribution in [-0.4, -0.2) is 77.6 Å². The summed E-state index contributed by atoms with van der Waals surface area (Å²) in [7, 11) is 2.09. The molecule has 3 rings (SSSR count). The smallest absolute Gasteiger partial charge is 0.264 e. The van der Waals surface area contributed by atoms with E-state index in [-0.39, 0.29) is 23.1 Å². The SMILES string of the molecule is C=CCN1CCC2(CCC1=O)CN(C(=O)c1ccc(C(C)=O)s1)CCN2C. The van der Waals surface area contributed by atoms with E-state index in [1.807, 2.05) is 9.80 Å². The summed E-state index contributed by atoms with van der Waals surface area (Å²) in [5, 5.41) is 0. The van der Waals surface area contributed by atoms with Crippen LogP contribution >= 0.6 is 11.3 Å². The van der Waals surface area contributed by atoms with Crippen LogP contribution in [0.2, 0.25) is 0 Å². The van der Waals surface area contributed by atoms with Crippen LogP contribution in [-0.2, 0) is 4.79 Å².